The molecule has 20 rings (SSSR count). The number of hydrogen-bond acceptors (Lipinski definition) is 2. The molecule has 18 aromatic rings. The number of fused-ring (bicyclic) bond motifs is 13. The molecule has 0 fully saturated rings. The molecule has 0 atom stereocenters. The fourth-order valence-electron chi connectivity index (χ4n) is 16.2. The topological polar surface area (TPSA) is 21.3 Å². The summed E-state index contributed by atoms with van der Waals surface area (Å²) in [7, 11) is 0. The molecule has 5 nitrogen and oxygen atoms in total. The standard InChI is InChI=1S/C90H58BN5/c1-5-25-59(26-6-1)63-45-49-70-71-50-46-64(60-27-7-2-8-28-60)54-85(71)95(84(70)53-63)82-43-23-21-41-80(82)93-78-39-19-15-35-74(78)91-75-36-16-20-40-79(75)94(89-58-67(57-88(93)90(89)91)92-76-37-17-13-33-68(76)69-34-14-18-38-77(69)92)81-42-22-24-44-83(81)96-86-55-65(61-29-9-3-10-30-61)47-51-72(86)73-52-48-66(56-87(73)96)62-31-11-4-12-32-62/h1-58H. The van der Waals surface area contributed by atoms with E-state index in [9.17, 15) is 0 Å². The molecule has 2 aliphatic rings. The van der Waals surface area contributed by atoms with Crippen LogP contribution in [0.3, 0.4) is 0 Å². The predicted molar refractivity (Wildman–Crippen MR) is 405 cm³/mol. The van der Waals surface area contributed by atoms with Gasteiger partial charge in [0.05, 0.1) is 61.5 Å². The van der Waals surface area contributed by atoms with Gasteiger partial charge in [0.15, 0.2) is 0 Å². The van der Waals surface area contributed by atoms with E-state index in [1.165, 1.54) is 93.2 Å². The largest absolute Gasteiger partial charge is 0.309 e. The van der Waals surface area contributed by atoms with Crippen molar-refractivity contribution in [3.05, 3.63) is 352 Å². The van der Waals surface area contributed by atoms with Crippen molar-refractivity contribution in [1.29, 1.82) is 0 Å². The van der Waals surface area contributed by atoms with E-state index in [-0.39, 0.29) is 6.71 Å². The van der Waals surface area contributed by atoms with Gasteiger partial charge in [0.2, 0.25) is 0 Å². The zero-order valence-electron chi connectivity index (χ0n) is 52.3. The Hall–Kier alpha value is -12.6. The fourth-order valence-corrected chi connectivity index (χ4v) is 16.2. The van der Waals surface area contributed by atoms with Crippen molar-refractivity contribution in [2.45, 2.75) is 0 Å². The summed E-state index contributed by atoms with van der Waals surface area (Å²) in [5.41, 5.74) is 29.8. The molecule has 0 amide bonds. The Bertz CT molecular complexity index is 5600. The van der Waals surface area contributed by atoms with Crippen molar-refractivity contribution in [1.82, 2.24) is 13.7 Å². The van der Waals surface area contributed by atoms with Crippen LogP contribution in [-0.4, -0.2) is 20.4 Å². The van der Waals surface area contributed by atoms with Crippen molar-refractivity contribution >= 4 is 123 Å². The molecule has 3 aromatic heterocycles. The smallest absolute Gasteiger partial charge is 0.252 e. The van der Waals surface area contributed by atoms with E-state index in [0.717, 1.165) is 84.3 Å². The molecular weight excluding hydrogens is 1160 g/mol. The number of para-hydroxylation sites is 8. The molecule has 0 radical (unpaired) electrons. The highest BCUT2D eigenvalue weighted by Gasteiger charge is 2.45. The van der Waals surface area contributed by atoms with Crippen LogP contribution < -0.4 is 26.2 Å². The Kier molecular flexibility index (Phi) is 12.1. The molecule has 0 spiro atoms. The maximum Gasteiger partial charge on any atom is 0.252 e. The summed E-state index contributed by atoms with van der Waals surface area (Å²) in [6.07, 6.45) is 0. The normalized spacial score (nSPS) is 12.5. The van der Waals surface area contributed by atoms with Crippen LogP contribution in [0.2, 0.25) is 0 Å². The van der Waals surface area contributed by atoms with E-state index in [1.54, 1.807) is 0 Å². The Morgan fingerprint density at radius 3 is 0.812 bits per heavy atom. The van der Waals surface area contributed by atoms with Gasteiger partial charge < -0.3 is 23.5 Å². The third kappa shape index (κ3) is 8.19. The lowest BCUT2D eigenvalue weighted by atomic mass is 9.33. The third-order valence-corrected chi connectivity index (χ3v) is 20.4. The number of aromatic nitrogens is 3. The minimum Gasteiger partial charge on any atom is -0.309 e. The molecule has 2 aliphatic heterocycles. The molecular formula is C90H58BN5. The van der Waals surface area contributed by atoms with E-state index in [2.05, 4.69) is 375 Å². The number of anilines is 6. The summed E-state index contributed by atoms with van der Waals surface area (Å²) >= 11 is 0. The van der Waals surface area contributed by atoms with Gasteiger partial charge in [0.1, 0.15) is 0 Å². The van der Waals surface area contributed by atoms with Crippen molar-refractivity contribution < 1.29 is 0 Å². The monoisotopic (exact) mass is 1220 g/mol. The first-order valence-electron chi connectivity index (χ1n) is 33.2. The van der Waals surface area contributed by atoms with Gasteiger partial charge in [-0.25, -0.2) is 0 Å². The van der Waals surface area contributed by atoms with Crippen LogP contribution in [0, 0.1) is 0 Å². The Balaban J connectivity index is 0.894. The molecule has 0 aliphatic carbocycles. The summed E-state index contributed by atoms with van der Waals surface area (Å²) in [5, 5.41) is 7.22. The van der Waals surface area contributed by atoms with Gasteiger partial charge in [-0.05, 0) is 146 Å². The van der Waals surface area contributed by atoms with Gasteiger partial charge in [-0.2, -0.15) is 0 Å². The average Bonchev–Trinajstić information content (AvgIpc) is 0.869. The number of benzene rings is 15. The van der Waals surface area contributed by atoms with Crippen LogP contribution in [-0.2, 0) is 0 Å². The highest BCUT2D eigenvalue weighted by molar-refractivity contribution is 7.00. The van der Waals surface area contributed by atoms with Crippen molar-refractivity contribution in [3.8, 4) is 61.6 Å². The summed E-state index contributed by atoms with van der Waals surface area (Å²) in [4.78, 5) is 5.22. The third-order valence-electron chi connectivity index (χ3n) is 20.4. The van der Waals surface area contributed by atoms with E-state index in [0.29, 0.717) is 0 Å². The van der Waals surface area contributed by atoms with Gasteiger partial charge in [-0.1, -0.05) is 267 Å². The Morgan fingerprint density at radius 2 is 0.458 bits per heavy atom. The van der Waals surface area contributed by atoms with Gasteiger partial charge >= 0.3 is 0 Å². The lowest BCUT2D eigenvalue weighted by Crippen LogP contribution is -2.61. The van der Waals surface area contributed by atoms with Crippen molar-refractivity contribution in [2.24, 2.45) is 0 Å². The van der Waals surface area contributed by atoms with E-state index >= 15 is 0 Å². The Morgan fingerprint density at radius 1 is 0.177 bits per heavy atom. The van der Waals surface area contributed by atoms with Crippen LogP contribution in [0.1, 0.15) is 0 Å². The number of nitrogens with zero attached hydrogens (tertiary/aromatic N) is 5. The molecule has 0 unspecified atom stereocenters. The molecule has 0 N–H and O–H groups in total. The highest BCUT2D eigenvalue weighted by Crippen LogP contribution is 2.51. The molecule has 15 aromatic carbocycles. The quantitative estimate of drug-likeness (QED) is 0.134. The van der Waals surface area contributed by atoms with Crippen LogP contribution in [0.4, 0.5) is 34.1 Å². The lowest BCUT2D eigenvalue weighted by molar-refractivity contribution is 1.13. The zero-order valence-corrected chi connectivity index (χ0v) is 52.3. The fraction of sp³-hybridized carbons (Fsp3) is 0. The molecule has 446 valence electrons. The van der Waals surface area contributed by atoms with Crippen LogP contribution in [0.5, 0.6) is 0 Å². The predicted octanol–water partition coefficient (Wildman–Crippen LogP) is 21.7. The van der Waals surface area contributed by atoms with Gasteiger partial charge in [0, 0.05) is 55.1 Å². The van der Waals surface area contributed by atoms with Gasteiger partial charge in [-0.15, -0.1) is 0 Å². The van der Waals surface area contributed by atoms with E-state index in [4.69, 9.17) is 0 Å². The lowest BCUT2D eigenvalue weighted by Gasteiger charge is -2.45. The minimum absolute atomic E-state index is 0.133. The first-order chi connectivity index (χ1) is 47.7. The summed E-state index contributed by atoms with van der Waals surface area (Å²) in [5.74, 6) is 0. The van der Waals surface area contributed by atoms with Crippen LogP contribution >= 0.6 is 0 Å². The van der Waals surface area contributed by atoms with Gasteiger partial charge in [-0.3, -0.25) is 0 Å². The second-order valence-corrected chi connectivity index (χ2v) is 25.5. The highest BCUT2D eigenvalue weighted by atomic mass is 15.2. The molecule has 0 saturated heterocycles. The first kappa shape index (κ1) is 54.0. The first-order valence-corrected chi connectivity index (χ1v) is 33.2. The molecule has 96 heavy (non-hydrogen) atoms. The van der Waals surface area contributed by atoms with Gasteiger partial charge in [0.25, 0.3) is 6.71 Å². The maximum absolute atomic E-state index is 2.61. The van der Waals surface area contributed by atoms with E-state index < -0.39 is 0 Å². The summed E-state index contributed by atoms with van der Waals surface area (Å²) in [6, 6.07) is 131. The molecule has 5 heterocycles. The minimum atomic E-state index is -0.133. The SMILES string of the molecule is c1ccc(-c2ccc3c4ccc(-c5ccccc5)cc4n(-c4ccccc4N4c5ccccc5B5c6ccccc6N(c6ccccc6-n6c7cc(-c8ccccc8)ccc7c7ccc(-c8ccccc8)cc76)c6cc(-n7c8ccccc8c8ccccc87)cc4c65)c3c2)cc1. The maximum atomic E-state index is 2.61. The average molecular weight is 1220 g/mol. The second kappa shape index (κ2) is 21.5. The summed E-state index contributed by atoms with van der Waals surface area (Å²) in [6.45, 7) is -0.133. The number of hydrogen-bond donors (Lipinski definition) is 0. The number of rotatable bonds is 9. The zero-order chi connectivity index (χ0) is 63.0. The molecule has 0 saturated carbocycles. The Labute approximate surface area is 556 Å². The van der Waals surface area contributed by atoms with Crippen molar-refractivity contribution in [2.75, 3.05) is 9.80 Å². The summed E-state index contributed by atoms with van der Waals surface area (Å²) < 4.78 is 7.61. The van der Waals surface area contributed by atoms with E-state index in [1.807, 2.05) is 0 Å². The molecule has 0 bridgehead atoms. The van der Waals surface area contributed by atoms with Crippen molar-refractivity contribution in [3.63, 3.8) is 0 Å². The molecule has 6 heteroatoms. The van der Waals surface area contributed by atoms with Crippen LogP contribution in [0.25, 0.3) is 127 Å². The second-order valence-electron chi connectivity index (χ2n) is 25.5. The van der Waals surface area contributed by atoms with Crippen LogP contribution in [0.15, 0.2) is 352 Å².